The fourth-order valence-corrected chi connectivity index (χ4v) is 2.16. The van der Waals surface area contributed by atoms with Crippen LogP contribution in [0.3, 0.4) is 0 Å². The Morgan fingerprint density at radius 3 is 1.95 bits per heavy atom. The molecule has 0 saturated carbocycles. The Balaban J connectivity index is 2.04. The van der Waals surface area contributed by atoms with Crippen LogP contribution >= 0.6 is 0 Å². The van der Waals surface area contributed by atoms with E-state index in [0.717, 1.165) is 11.1 Å². The highest BCUT2D eigenvalue weighted by molar-refractivity contribution is 6.09. The van der Waals surface area contributed by atoms with Crippen molar-refractivity contribution in [3.63, 3.8) is 0 Å². The number of furan rings is 1. The third-order valence-corrected chi connectivity index (χ3v) is 3.21. The molecule has 0 spiro atoms. The van der Waals surface area contributed by atoms with Crippen LogP contribution in [0.1, 0.15) is 21.7 Å². The van der Waals surface area contributed by atoms with E-state index >= 15 is 0 Å². The van der Waals surface area contributed by atoms with Gasteiger partial charge in [-0.2, -0.15) is 0 Å². The quantitative estimate of drug-likeness (QED) is 0.514. The van der Waals surface area contributed by atoms with Crippen LogP contribution in [0.2, 0.25) is 0 Å². The minimum atomic E-state index is -0.0362. The maximum Gasteiger partial charge on any atom is 0.186 e. The Morgan fingerprint density at radius 1 is 0.762 bits per heavy atom. The number of ketones is 1. The first-order valence-corrected chi connectivity index (χ1v) is 6.75. The number of carbonyl (C=O) groups excluding carboxylic acids is 1. The molecule has 102 valence electrons. The van der Waals surface area contributed by atoms with Crippen molar-refractivity contribution < 1.29 is 9.21 Å². The van der Waals surface area contributed by atoms with Gasteiger partial charge in [0, 0.05) is 11.1 Å². The van der Waals surface area contributed by atoms with Gasteiger partial charge in [-0.25, -0.2) is 0 Å². The Morgan fingerprint density at radius 2 is 1.38 bits per heavy atom. The van der Waals surface area contributed by atoms with Crippen molar-refractivity contribution in [2.45, 2.75) is 0 Å². The van der Waals surface area contributed by atoms with Crippen molar-refractivity contribution in [1.82, 2.24) is 0 Å². The van der Waals surface area contributed by atoms with E-state index in [4.69, 9.17) is 4.42 Å². The standard InChI is InChI=1S/C19H14O2/c20-18(16-10-5-2-6-11-16)14-17(19-12-7-13-21-19)15-8-3-1-4-9-15/h1-14H/b17-14+. The van der Waals surface area contributed by atoms with Gasteiger partial charge in [-0.15, -0.1) is 0 Å². The molecule has 0 aliphatic heterocycles. The molecule has 0 amide bonds. The lowest BCUT2D eigenvalue weighted by molar-refractivity contribution is 0.104. The van der Waals surface area contributed by atoms with Crippen molar-refractivity contribution in [3.05, 3.63) is 102 Å². The average molecular weight is 274 g/mol. The van der Waals surface area contributed by atoms with Gasteiger partial charge in [0.1, 0.15) is 5.76 Å². The molecule has 21 heavy (non-hydrogen) atoms. The fraction of sp³-hybridized carbons (Fsp3) is 0. The molecule has 1 heterocycles. The lowest BCUT2D eigenvalue weighted by Gasteiger charge is -2.05. The smallest absolute Gasteiger partial charge is 0.186 e. The van der Waals surface area contributed by atoms with Gasteiger partial charge in [0.15, 0.2) is 5.78 Å². The second-order valence-corrected chi connectivity index (χ2v) is 4.63. The molecule has 2 nitrogen and oxygen atoms in total. The Bertz CT molecular complexity index is 739. The maximum absolute atomic E-state index is 12.4. The van der Waals surface area contributed by atoms with E-state index in [2.05, 4.69) is 0 Å². The highest BCUT2D eigenvalue weighted by Crippen LogP contribution is 2.24. The Labute approximate surface area is 123 Å². The zero-order chi connectivity index (χ0) is 14.5. The predicted molar refractivity (Wildman–Crippen MR) is 83.0 cm³/mol. The fourth-order valence-electron chi connectivity index (χ4n) is 2.16. The van der Waals surface area contributed by atoms with E-state index in [9.17, 15) is 4.79 Å². The summed E-state index contributed by atoms with van der Waals surface area (Å²) >= 11 is 0. The van der Waals surface area contributed by atoms with Crippen molar-refractivity contribution >= 4 is 11.4 Å². The topological polar surface area (TPSA) is 30.2 Å². The number of hydrogen-bond donors (Lipinski definition) is 0. The first-order chi connectivity index (χ1) is 10.3. The summed E-state index contributed by atoms with van der Waals surface area (Å²) in [6.45, 7) is 0. The second kappa shape index (κ2) is 6.06. The molecule has 0 atom stereocenters. The van der Waals surface area contributed by atoms with Crippen molar-refractivity contribution in [3.8, 4) is 0 Å². The van der Waals surface area contributed by atoms with Gasteiger partial charge in [-0.3, -0.25) is 4.79 Å². The summed E-state index contributed by atoms with van der Waals surface area (Å²) < 4.78 is 5.47. The third kappa shape index (κ3) is 3.00. The normalized spacial score (nSPS) is 11.3. The summed E-state index contributed by atoms with van der Waals surface area (Å²) in [6.07, 6.45) is 3.24. The number of carbonyl (C=O) groups is 1. The highest BCUT2D eigenvalue weighted by atomic mass is 16.3. The molecule has 0 aliphatic rings. The Hall–Kier alpha value is -2.87. The highest BCUT2D eigenvalue weighted by Gasteiger charge is 2.11. The summed E-state index contributed by atoms with van der Waals surface area (Å²) in [5.41, 5.74) is 2.41. The van der Waals surface area contributed by atoms with Gasteiger partial charge in [0.2, 0.25) is 0 Å². The van der Waals surface area contributed by atoms with E-state index in [-0.39, 0.29) is 5.78 Å². The molecule has 3 rings (SSSR count). The molecular formula is C19H14O2. The van der Waals surface area contributed by atoms with Gasteiger partial charge in [-0.05, 0) is 23.8 Å². The van der Waals surface area contributed by atoms with Crippen molar-refractivity contribution in [2.75, 3.05) is 0 Å². The summed E-state index contributed by atoms with van der Waals surface area (Å²) in [5, 5.41) is 0. The van der Waals surface area contributed by atoms with Crippen LogP contribution in [0.4, 0.5) is 0 Å². The summed E-state index contributed by atoms with van der Waals surface area (Å²) in [7, 11) is 0. The van der Waals surface area contributed by atoms with Crippen LogP contribution < -0.4 is 0 Å². The first kappa shape index (κ1) is 13.1. The van der Waals surface area contributed by atoms with Crippen molar-refractivity contribution in [2.24, 2.45) is 0 Å². The summed E-state index contributed by atoms with van der Waals surface area (Å²) in [6, 6.07) is 22.7. The third-order valence-electron chi connectivity index (χ3n) is 3.21. The maximum atomic E-state index is 12.4. The molecule has 0 saturated heterocycles. The van der Waals surface area contributed by atoms with E-state index in [1.807, 2.05) is 72.8 Å². The zero-order valence-electron chi connectivity index (χ0n) is 11.4. The molecule has 1 aromatic heterocycles. The monoisotopic (exact) mass is 274 g/mol. The molecule has 0 N–H and O–H groups in total. The van der Waals surface area contributed by atoms with Gasteiger partial charge in [-0.1, -0.05) is 60.7 Å². The second-order valence-electron chi connectivity index (χ2n) is 4.63. The van der Waals surface area contributed by atoms with Crippen molar-refractivity contribution in [1.29, 1.82) is 0 Å². The van der Waals surface area contributed by atoms with Crippen LogP contribution in [-0.4, -0.2) is 5.78 Å². The number of rotatable bonds is 4. The number of allylic oxidation sites excluding steroid dienone is 1. The SMILES string of the molecule is O=C(/C=C(\c1ccccc1)c1ccco1)c1ccccc1. The number of hydrogen-bond acceptors (Lipinski definition) is 2. The van der Waals surface area contributed by atoms with Crippen LogP contribution in [-0.2, 0) is 0 Å². The van der Waals surface area contributed by atoms with Crippen LogP contribution in [0.25, 0.3) is 5.57 Å². The van der Waals surface area contributed by atoms with Gasteiger partial charge in [0.05, 0.1) is 6.26 Å². The molecule has 0 bridgehead atoms. The molecule has 0 fully saturated rings. The van der Waals surface area contributed by atoms with Gasteiger partial charge in [0.25, 0.3) is 0 Å². The minimum Gasteiger partial charge on any atom is -0.464 e. The van der Waals surface area contributed by atoms with E-state index in [0.29, 0.717) is 11.3 Å². The average Bonchev–Trinajstić information content (AvgIpc) is 3.08. The Kier molecular flexibility index (Phi) is 3.79. The molecule has 0 unspecified atom stereocenters. The van der Waals surface area contributed by atoms with Crippen LogP contribution in [0.5, 0.6) is 0 Å². The molecule has 0 radical (unpaired) electrons. The summed E-state index contributed by atoms with van der Waals surface area (Å²) in [4.78, 5) is 12.4. The zero-order valence-corrected chi connectivity index (χ0v) is 11.4. The van der Waals surface area contributed by atoms with Crippen LogP contribution in [0.15, 0.2) is 89.6 Å². The van der Waals surface area contributed by atoms with Crippen LogP contribution in [0, 0.1) is 0 Å². The van der Waals surface area contributed by atoms with E-state index in [1.165, 1.54) is 0 Å². The van der Waals surface area contributed by atoms with E-state index < -0.39 is 0 Å². The molecular weight excluding hydrogens is 260 g/mol. The first-order valence-electron chi connectivity index (χ1n) is 6.75. The molecule has 2 aromatic carbocycles. The molecule has 3 aromatic rings. The summed E-state index contributed by atoms with van der Waals surface area (Å²) in [5.74, 6) is 0.649. The lowest BCUT2D eigenvalue weighted by Crippen LogP contribution is -1.97. The predicted octanol–water partition coefficient (Wildman–Crippen LogP) is 4.59. The lowest BCUT2D eigenvalue weighted by atomic mass is 10.00. The molecule has 2 heteroatoms. The van der Waals surface area contributed by atoms with Gasteiger partial charge < -0.3 is 4.42 Å². The van der Waals surface area contributed by atoms with E-state index in [1.54, 1.807) is 12.3 Å². The number of benzene rings is 2. The van der Waals surface area contributed by atoms with Gasteiger partial charge >= 0.3 is 0 Å². The molecule has 0 aliphatic carbocycles. The largest absolute Gasteiger partial charge is 0.464 e. The minimum absolute atomic E-state index is 0.0362.